The van der Waals surface area contributed by atoms with E-state index in [-0.39, 0.29) is 11.9 Å². The third-order valence-corrected chi connectivity index (χ3v) is 3.77. The maximum absolute atomic E-state index is 11.0. The van der Waals surface area contributed by atoms with E-state index >= 15 is 0 Å². The Balaban J connectivity index is 0. The number of aliphatic carboxylic acids is 1. The lowest BCUT2D eigenvalue weighted by molar-refractivity contribution is -0.144. The molecular weight excluding hydrogens is 304 g/mol. The van der Waals surface area contributed by atoms with Crippen LogP contribution in [0.15, 0.2) is 0 Å². The van der Waals surface area contributed by atoms with Crippen molar-refractivity contribution in [3.8, 4) is 0 Å². The molecule has 1 N–H and O–H groups in total. The van der Waals surface area contributed by atoms with Crippen LogP contribution in [0.3, 0.4) is 0 Å². The molecule has 1 unspecified atom stereocenters. The second kappa shape index (κ2) is 16.8. The molecule has 0 aliphatic heterocycles. The molecule has 0 spiro atoms. The van der Waals surface area contributed by atoms with E-state index in [4.69, 9.17) is 9.84 Å². The molecule has 144 valence electrons. The van der Waals surface area contributed by atoms with Crippen LogP contribution in [0.25, 0.3) is 0 Å². The number of unbranched alkanes of at least 4 members (excludes halogenated alkanes) is 1. The number of rotatable bonds is 12. The minimum absolute atomic E-state index is 0.0440. The topological polar surface area (TPSA) is 63.6 Å². The van der Waals surface area contributed by atoms with Crippen LogP contribution in [0.2, 0.25) is 0 Å². The molecule has 0 bridgehead atoms. The summed E-state index contributed by atoms with van der Waals surface area (Å²) in [6, 6.07) is 0. The number of carbonyl (C=O) groups excluding carboxylic acids is 1. The molecule has 0 aliphatic rings. The second-order valence-electron chi connectivity index (χ2n) is 7.30. The van der Waals surface area contributed by atoms with Crippen LogP contribution in [0.5, 0.6) is 0 Å². The van der Waals surface area contributed by atoms with Crippen LogP contribution in [0.1, 0.15) is 92.9 Å². The van der Waals surface area contributed by atoms with Gasteiger partial charge in [0, 0.05) is 6.42 Å². The molecule has 0 radical (unpaired) electrons. The Morgan fingerprint density at radius 3 is 1.88 bits per heavy atom. The molecule has 1 atom stereocenters. The quantitative estimate of drug-likeness (QED) is 0.462. The highest BCUT2D eigenvalue weighted by molar-refractivity contribution is 5.69. The Morgan fingerprint density at radius 1 is 0.875 bits per heavy atom. The number of carbonyl (C=O) groups is 2. The minimum atomic E-state index is -0.627. The normalized spacial score (nSPS) is 11.8. The van der Waals surface area contributed by atoms with Gasteiger partial charge in [0.1, 0.15) is 0 Å². The van der Waals surface area contributed by atoms with Crippen LogP contribution in [-0.2, 0) is 14.3 Å². The van der Waals surface area contributed by atoms with Gasteiger partial charge in [-0.1, -0.05) is 60.8 Å². The Hall–Kier alpha value is -1.06. The molecule has 4 heteroatoms. The molecule has 0 amide bonds. The summed E-state index contributed by atoms with van der Waals surface area (Å²) in [5.41, 5.74) is 0. The maximum atomic E-state index is 11.0. The van der Waals surface area contributed by atoms with Crippen molar-refractivity contribution >= 4 is 11.9 Å². The van der Waals surface area contributed by atoms with Gasteiger partial charge in [-0.15, -0.1) is 0 Å². The summed E-state index contributed by atoms with van der Waals surface area (Å²) in [6.45, 7) is 13.2. The Bertz CT molecular complexity index is 309. The first-order valence-corrected chi connectivity index (χ1v) is 9.62. The van der Waals surface area contributed by atoms with Gasteiger partial charge in [-0.05, 0) is 37.5 Å². The number of hydrogen-bond donors (Lipinski definition) is 1. The first kappa shape index (κ1) is 25.2. The second-order valence-corrected chi connectivity index (χ2v) is 7.30. The molecule has 0 heterocycles. The van der Waals surface area contributed by atoms with Crippen molar-refractivity contribution in [2.45, 2.75) is 92.9 Å². The molecule has 0 aromatic carbocycles. The predicted molar refractivity (Wildman–Crippen MR) is 100 cm³/mol. The van der Waals surface area contributed by atoms with Crippen LogP contribution in [0, 0.1) is 17.8 Å². The Kier molecular flexibility index (Phi) is 17.6. The van der Waals surface area contributed by atoms with Gasteiger partial charge in [-0.3, -0.25) is 9.59 Å². The first-order chi connectivity index (χ1) is 11.2. The molecule has 4 nitrogen and oxygen atoms in total. The average Bonchev–Trinajstić information content (AvgIpc) is 2.49. The van der Waals surface area contributed by atoms with Gasteiger partial charge in [0.05, 0.1) is 12.5 Å². The van der Waals surface area contributed by atoms with Crippen molar-refractivity contribution in [3.63, 3.8) is 0 Å². The standard InChI is InChI=1S/2C10H20O2/c1-4-5-9(10(11)12)7-6-8(2)3;1-4-5-6-10(11)12-8-7-9(2)3/h8-9H,4-7H2,1-3H3,(H,11,12);9H,4-8H2,1-3H3. The van der Waals surface area contributed by atoms with Crippen molar-refractivity contribution in [3.05, 3.63) is 0 Å². The predicted octanol–water partition coefficient (Wildman–Crippen LogP) is 5.69. The van der Waals surface area contributed by atoms with Gasteiger partial charge in [0.25, 0.3) is 0 Å². The highest BCUT2D eigenvalue weighted by Gasteiger charge is 2.15. The summed E-state index contributed by atoms with van der Waals surface area (Å²) in [7, 11) is 0. The van der Waals surface area contributed by atoms with Gasteiger partial charge < -0.3 is 9.84 Å². The van der Waals surface area contributed by atoms with E-state index in [1.165, 1.54) is 0 Å². The summed E-state index contributed by atoms with van der Waals surface area (Å²) >= 11 is 0. The van der Waals surface area contributed by atoms with Gasteiger partial charge in [-0.2, -0.15) is 0 Å². The summed E-state index contributed by atoms with van der Waals surface area (Å²) in [6.07, 6.45) is 7.20. The third kappa shape index (κ3) is 19.0. The molecule has 0 saturated heterocycles. The molecule has 0 saturated carbocycles. The van der Waals surface area contributed by atoms with E-state index < -0.39 is 5.97 Å². The number of ether oxygens (including phenoxy) is 1. The summed E-state index contributed by atoms with van der Waals surface area (Å²) < 4.78 is 5.02. The smallest absolute Gasteiger partial charge is 0.306 e. The lowest BCUT2D eigenvalue weighted by Crippen LogP contribution is -2.14. The van der Waals surface area contributed by atoms with E-state index in [9.17, 15) is 9.59 Å². The fourth-order valence-corrected chi connectivity index (χ4v) is 2.08. The molecule has 0 aliphatic carbocycles. The lowest BCUT2D eigenvalue weighted by Gasteiger charge is -2.11. The zero-order valence-electron chi connectivity index (χ0n) is 16.8. The van der Waals surface area contributed by atoms with Crippen LogP contribution in [0.4, 0.5) is 0 Å². The Morgan fingerprint density at radius 2 is 1.46 bits per heavy atom. The van der Waals surface area contributed by atoms with E-state index in [0.29, 0.717) is 24.9 Å². The fourth-order valence-electron chi connectivity index (χ4n) is 2.08. The zero-order chi connectivity index (χ0) is 19.0. The molecule has 0 fully saturated rings. The largest absolute Gasteiger partial charge is 0.481 e. The SMILES string of the molecule is CCCC(CCC(C)C)C(=O)O.CCCCC(=O)OCCC(C)C. The van der Waals surface area contributed by atoms with E-state index in [2.05, 4.69) is 34.6 Å². The maximum Gasteiger partial charge on any atom is 0.306 e. The van der Waals surface area contributed by atoms with Crippen molar-refractivity contribution < 1.29 is 19.4 Å². The molecule has 0 aromatic heterocycles. The number of carboxylic acids is 1. The summed E-state index contributed by atoms with van der Waals surface area (Å²) in [5, 5.41) is 8.82. The zero-order valence-corrected chi connectivity index (χ0v) is 16.8. The first-order valence-electron chi connectivity index (χ1n) is 9.62. The van der Waals surface area contributed by atoms with Gasteiger partial charge in [0.15, 0.2) is 0 Å². The number of hydrogen-bond acceptors (Lipinski definition) is 3. The van der Waals surface area contributed by atoms with Gasteiger partial charge in [0.2, 0.25) is 0 Å². The van der Waals surface area contributed by atoms with E-state index in [1.54, 1.807) is 0 Å². The van der Waals surface area contributed by atoms with Crippen molar-refractivity contribution in [1.29, 1.82) is 0 Å². The monoisotopic (exact) mass is 344 g/mol. The average molecular weight is 345 g/mol. The van der Waals surface area contributed by atoms with Crippen LogP contribution < -0.4 is 0 Å². The number of carboxylic acid groups (broad SMARTS) is 1. The third-order valence-electron chi connectivity index (χ3n) is 3.77. The summed E-state index contributed by atoms with van der Waals surface area (Å²) in [5.74, 6) is 0.445. The van der Waals surface area contributed by atoms with E-state index in [0.717, 1.165) is 44.9 Å². The fraction of sp³-hybridized carbons (Fsp3) is 0.900. The molecule has 24 heavy (non-hydrogen) atoms. The lowest BCUT2D eigenvalue weighted by atomic mass is 9.94. The van der Waals surface area contributed by atoms with Crippen molar-refractivity contribution in [2.75, 3.05) is 6.61 Å². The molecule has 0 aromatic rings. The Labute approximate surface area is 149 Å². The molecular formula is C20H40O4. The van der Waals surface area contributed by atoms with Crippen LogP contribution >= 0.6 is 0 Å². The van der Waals surface area contributed by atoms with E-state index in [1.807, 2.05) is 6.92 Å². The van der Waals surface area contributed by atoms with Crippen LogP contribution in [-0.4, -0.2) is 23.7 Å². The number of esters is 1. The highest BCUT2D eigenvalue weighted by atomic mass is 16.5. The highest BCUT2D eigenvalue weighted by Crippen LogP contribution is 2.17. The van der Waals surface area contributed by atoms with Gasteiger partial charge in [-0.25, -0.2) is 0 Å². The summed E-state index contributed by atoms with van der Waals surface area (Å²) in [4.78, 5) is 21.7. The van der Waals surface area contributed by atoms with Gasteiger partial charge >= 0.3 is 11.9 Å². The van der Waals surface area contributed by atoms with Crippen molar-refractivity contribution in [2.24, 2.45) is 17.8 Å². The molecule has 0 rings (SSSR count). The van der Waals surface area contributed by atoms with Crippen molar-refractivity contribution in [1.82, 2.24) is 0 Å². The minimum Gasteiger partial charge on any atom is -0.481 e.